The lowest BCUT2D eigenvalue weighted by Gasteiger charge is -2.36. The fraction of sp³-hybridized carbons (Fsp3) is 0.350. The van der Waals surface area contributed by atoms with Crippen LogP contribution in [0.1, 0.15) is 12.8 Å². The number of nitrogens with zero attached hydrogens (tertiary/aromatic N) is 2. The van der Waals surface area contributed by atoms with E-state index in [9.17, 15) is 4.79 Å². The molecular formula is C20H22N2O2. The molecule has 1 saturated carbocycles. The number of para-hydroxylation sites is 1. The zero-order valence-electron chi connectivity index (χ0n) is 13.7. The van der Waals surface area contributed by atoms with Crippen molar-refractivity contribution in [2.24, 2.45) is 5.92 Å². The largest absolute Gasteiger partial charge is 0.457 e. The first kappa shape index (κ1) is 15.1. The topological polar surface area (TPSA) is 32.8 Å². The number of piperazine rings is 1. The Hall–Kier alpha value is -2.49. The van der Waals surface area contributed by atoms with Gasteiger partial charge in [-0.15, -0.1) is 0 Å². The van der Waals surface area contributed by atoms with Crippen molar-refractivity contribution < 1.29 is 9.53 Å². The molecule has 124 valence electrons. The first-order valence-corrected chi connectivity index (χ1v) is 8.66. The normalized spacial score (nSPS) is 17.7. The molecule has 0 radical (unpaired) electrons. The molecule has 0 aromatic heterocycles. The van der Waals surface area contributed by atoms with Crippen LogP contribution < -0.4 is 9.64 Å². The van der Waals surface area contributed by atoms with Crippen molar-refractivity contribution in [2.75, 3.05) is 31.1 Å². The second-order valence-corrected chi connectivity index (χ2v) is 6.50. The summed E-state index contributed by atoms with van der Waals surface area (Å²) in [7, 11) is 0. The SMILES string of the molecule is O=C(C1CC1)N1CCN(c2ccc(Oc3ccccc3)cc2)CC1. The molecule has 4 rings (SSSR count). The maximum absolute atomic E-state index is 12.1. The standard InChI is InChI=1S/C20H22N2O2/c23-20(16-6-7-16)22-14-12-21(13-15-22)17-8-10-19(11-9-17)24-18-4-2-1-3-5-18/h1-5,8-11,16H,6-7,12-15H2. The van der Waals surface area contributed by atoms with Crippen LogP contribution in [0.15, 0.2) is 54.6 Å². The van der Waals surface area contributed by atoms with E-state index in [1.54, 1.807) is 0 Å². The van der Waals surface area contributed by atoms with Gasteiger partial charge in [0.15, 0.2) is 0 Å². The number of benzene rings is 2. The van der Waals surface area contributed by atoms with E-state index in [0.29, 0.717) is 11.8 Å². The summed E-state index contributed by atoms with van der Waals surface area (Å²) in [5.74, 6) is 2.37. The van der Waals surface area contributed by atoms with E-state index in [1.807, 2.05) is 47.4 Å². The molecule has 1 heterocycles. The Morgan fingerprint density at radius 2 is 1.46 bits per heavy atom. The minimum atomic E-state index is 0.325. The van der Waals surface area contributed by atoms with Crippen molar-refractivity contribution in [3.05, 3.63) is 54.6 Å². The van der Waals surface area contributed by atoms with Crippen molar-refractivity contribution in [1.82, 2.24) is 4.90 Å². The molecule has 0 unspecified atom stereocenters. The van der Waals surface area contributed by atoms with Gasteiger partial charge < -0.3 is 14.5 Å². The van der Waals surface area contributed by atoms with Gasteiger partial charge in [0, 0.05) is 37.8 Å². The fourth-order valence-corrected chi connectivity index (χ4v) is 3.12. The molecule has 24 heavy (non-hydrogen) atoms. The van der Waals surface area contributed by atoms with Crippen LogP contribution in [0.2, 0.25) is 0 Å². The van der Waals surface area contributed by atoms with E-state index in [2.05, 4.69) is 17.0 Å². The van der Waals surface area contributed by atoms with Gasteiger partial charge in [-0.1, -0.05) is 18.2 Å². The van der Waals surface area contributed by atoms with Crippen molar-refractivity contribution in [1.29, 1.82) is 0 Å². The summed E-state index contributed by atoms with van der Waals surface area (Å²) in [4.78, 5) is 16.5. The van der Waals surface area contributed by atoms with E-state index in [4.69, 9.17) is 4.74 Å². The highest BCUT2D eigenvalue weighted by Crippen LogP contribution is 2.31. The molecule has 4 heteroatoms. The number of hydrogen-bond acceptors (Lipinski definition) is 3. The van der Waals surface area contributed by atoms with Crippen molar-refractivity contribution in [2.45, 2.75) is 12.8 Å². The van der Waals surface area contributed by atoms with Gasteiger partial charge in [0.05, 0.1) is 0 Å². The maximum Gasteiger partial charge on any atom is 0.225 e. The van der Waals surface area contributed by atoms with Crippen molar-refractivity contribution in [3.63, 3.8) is 0 Å². The third-order valence-electron chi connectivity index (χ3n) is 4.70. The van der Waals surface area contributed by atoms with E-state index in [0.717, 1.165) is 50.5 Å². The first-order valence-electron chi connectivity index (χ1n) is 8.66. The minimum Gasteiger partial charge on any atom is -0.457 e. The Labute approximate surface area is 142 Å². The molecule has 0 N–H and O–H groups in total. The lowest BCUT2D eigenvalue weighted by atomic mass is 10.2. The number of carbonyl (C=O) groups excluding carboxylic acids is 1. The molecule has 2 aliphatic rings. The van der Waals surface area contributed by atoms with E-state index in [-0.39, 0.29) is 0 Å². The van der Waals surface area contributed by atoms with E-state index < -0.39 is 0 Å². The summed E-state index contributed by atoms with van der Waals surface area (Å²) in [6.07, 6.45) is 2.17. The molecule has 4 nitrogen and oxygen atoms in total. The highest BCUT2D eigenvalue weighted by molar-refractivity contribution is 5.81. The average Bonchev–Trinajstić information content (AvgIpc) is 3.48. The molecule has 1 aliphatic carbocycles. The van der Waals surface area contributed by atoms with Crippen LogP contribution in [-0.4, -0.2) is 37.0 Å². The van der Waals surface area contributed by atoms with Crippen LogP contribution in [0.4, 0.5) is 5.69 Å². The van der Waals surface area contributed by atoms with Crippen molar-refractivity contribution >= 4 is 11.6 Å². The smallest absolute Gasteiger partial charge is 0.225 e. The van der Waals surface area contributed by atoms with E-state index >= 15 is 0 Å². The zero-order valence-corrected chi connectivity index (χ0v) is 13.7. The second-order valence-electron chi connectivity index (χ2n) is 6.50. The van der Waals surface area contributed by atoms with Crippen LogP contribution in [0, 0.1) is 5.92 Å². The van der Waals surface area contributed by atoms with Crippen LogP contribution >= 0.6 is 0 Å². The molecule has 0 spiro atoms. The summed E-state index contributed by atoms with van der Waals surface area (Å²) in [5, 5.41) is 0. The van der Waals surface area contributed by atoms with Gasteiger partial charge in [0.25, 0.3) is 0 Å². The Morgan fingerprint density at radius 3 is 2.08 bits per heavy atom. The Morgan fingerprint density at radius 1 is 0.833 bits per heavy atom. The average molecular weight is 322 g/mol. The van der Waals surface area contributed by atoms with Gasteiger partial charge in [-0.3, -0.25) is 4.79 Å². The number of hydrogen-bond donors (Lipinski definition) is 0. The summed E-state index contributed by atoms with van der Waals surface area (Å²) >= 11 is 0. The minimum absolute atomic E-state index is 0.325. The maximum atomic E-state index is 12.1. The molecular weight excluding hydrogens is 300 g/mol. The Kier molecular flexibility index (Phi) is 4.11. The molecule has 2 aromatic rings. The van der Waals surface area contributed by atoms with Gasteiger partial charge in [0.2, 0.25) is 5.91 Å². The highest BCUT2D eigenvalue weighted by Gasteiger charge is 2.34. The first-order chi connectivity index (χ1) is 11.8. The number of anilines is 1. The highest BCUT2D eigenvalue weighted by atomic mass is 16.5. The third kappa shape index (κ3) is 3.37. The molecule has 1 amide bonds. The zero-order chi connectivity index (χ0) is 16.4. The van der Waals surface area contributed by atoms with Crippen LogP contribution in [-0.2, 0) is 4.79 Å². The molecule has 2 fully saturated rings. The predicted octanol–water partition coefficient (Wildman–Crippen LogP) is 3.54. The number of amides is 1. The second kappa shape index (κ2) is 6.56. The van der Waals surface area contributed by atoms with Crippen LogP contribution in [0.3, 0.4) is 0 Å². The lowest BCUT2D eigenvalue weighted by Crippen LogP contribution is -2.49. The molecule has 1 aliphatic heterocycles. The summed E-state index contributed by atoms with van der Waals surface area (Å²) < 4.78 is 5.83. The van der Waals surface area contributed by atoms with Crippen LogP contribution in [0.5, 0.6) is 11.5 Å². The Balaban J connectivity index is 1.34. The van der Waals surface area contributed by atoms with Gasteiger partial charge in [-0.25, -0.2) is 0 Å². The summed E-state index contributed by atoms with van der Waals surface area (Å²) in [5.41, 5.74) is 1.19. The van der Waals surface area contributed by atoms with Gasteiger partial charge in [-0.2, -0.15) is 0 Å². The van der Waals surface area contributed by atoms with E-state index in [1.165, 1.54) is 5.69 Å². The monoisotopic (exact) mass is 322 g/mol. The van der Waals surface area contributed by atoms with Crippen molar-refractivity contribution in [3.8, 4) is 11.5 Å². The summed E-state index contributed by atoms with van der Waals surface area (Å²) in [6, 6.07) is 18.0. The predicted molar refractivity (Wildman–Crippen MR) is 94.5 cm³/mol. The third-order valence-corrected chi connectivity index (χ3v) is 4.70. The van der Waals surface area contributed by atoms with Crippen LogP contribution in [0.25, 0.3) is 0 Å². The Bertz CT molecular complexity index is 687. The fourth-order valence-electron chi connectivity index (χ4n) is 3.12. The number of ether oxygens (including phenoxy) is 1. The molecule has 0 atom stereocenters. The lowest BCUT2D eigenvalue weighted by molar-refractivity contribution is -0.132. The summed E-state index contributed by atoms with van der Waals surface area (Å²) in [6.45, 7) is 3.46. The van der Waals surface area contributed by atoms with Gasteiger partial charge >= 0.3 is 0 Å². The van der Waals surface area contributed by atoms with Gasteiger partial charge in [-0.05, 0) is 49.2 Å². The number of carbonyl (C=O) groups is 1. The number of rotatable bonds is 4. The molecule has 2 aromatic carbocycles. The van der Waals surface area contributed by atoms with Gasteiger partial charge in [0.1, 0.15) is 11.5 Å². The molecule has 0 bridgehead atoms. The quantitative estimate of drug-likeness (QED) is 0.863. The molecule has 1 saturated heterocycles.